The number of hydrogen-bond acceptors (Lipinski definition) is 3. The van der Waals surface area contributed by atoms with Gasteiger partial charge in [-0.3, -0.25) is 9.78 Å². The maximum absolute atomic E-state index is 13.0. The lowest BCUT2D eigenvalue weighted by Crippen LogP contribution is -2.48. The molecule has 0 spiro atoms. The number of halogens is 1. The van der Waals surface area contributed by atoms with Crippen LogP contribution in [0.1, 0.15) is 25.0 Å². The van der Waals surface area contributed by atoms with Crippen molar-refractivity contribution < 1.29 is 13.9 Å². The Hall–Kier alpha value is -2.43. The van der Waals surface area contributed by atoms with Gasteiger partial charge in [-0.2, -0.15) is 0 Å². The molecule has 0 unspecified atom stereocenters. The molecule has 2 aliphatic rings. The van der Waals surface area contributed by atoms with Crippen LogP contribution in [0.25, 0.3) is 0 Å². The monoisotopic (exact) mass is 340 g/mol. The molecule has 4 rings (SSSR count). The lowest BCUT2D eigenvalue weighted by atomic mass is 9.99. The van der Waals surface area contributed by atoms with Gasteiger partial charge < -0.3 is 9.64 Å². The molecule has 25 heavy (non-hydrogen) atoms. The lowest BCUT2D eigenvalue weighted by molar-refractivity contribution is -0.135. The van der Waals surface area contributed by atoms with E-state index in [0.717, 1.165) is 25.0 Å². The predicted molar refractivity (Wildman–Crippen MR) is 91.6 cm³/mol. The van der Waals surface area contributed by atoms with Crippen molar-refractivity contribution in [1.82, 2.24) is 9.88 Å². The molecule has 4 nitrogen and oxygen atoms in total. The fourth-order valence-corrected chi connectivity index (χ4v) is 4.16. The Balaban J connectivity index is 1.44. The summed E-state index contributed by atoms with van der Waals surface area (Å²) < 4.78 is 18.9. The van der Waals surface area contributed by atoms with Crippen molar-refractivity contribution in [2.45, 2.75) is 37.8 Å². The van der Waals surface area contributed by atoms with Gasteiger partial charge in [-0.15, -0.1) is 0 Å². The smallest absolute Gasteiger partial charge is 0.229 e. The van der Waals surface area contributed by atoms with Crippen LogP contribution >= 0.6 is 0 Å². The molecule has 130 valence electrons. The van der Waals surface area contributed by atoms with E-state index in [4.69, 9.17) is 4.74 Å². The van der Waals surface area contributed by atoms with Crippen molar-refractivity contribution in [3.05, 3.63) is 60.2 Å². The molecule has 2 aromatic rings. The quantitative estimate of drug-likeness (QED) is 0.839. The van der Waals surface area contributed by atoms with Crippen LogP contribution in [-0.4, -0.2) is 34.5 Å². The Labute approximate surface area is 146 Å². The van der Waals surface area contributed by atoms with Crippen LogP contribution in [0.4, 0.5) is 4.39 Å². The molecule has 1 amide bonds. The van der Waals surface area contributed by atoms with Gasteiger partial charge in [-0.1, -0.05) is 6.07 Å². The van der Waals surface area contributed by atoms with Crippen LogP contribution in [0.5, 0.6) is 5.75 Å². The molecule has 2 bridgehead atoms. The number of fused-ring (bicyclic) bond motifs is 2. The number of aromatic nitrogens is 1. The molecule has 2 fully saturated rings. The number of hydrogen-bond donors (Lipinski definition) is 0. The molecule has 1 saturated heterocycles. The Morgan fingerprint density at radius 3 is 2.80 bits per heavy atom. The summed E-state index contributed by atoms with van der Waals surface area (Å²) in [5.41, 5.74) is 0.800. The molecular formula is C20H21FN2O2. The van der Waals surface area contributed by atoms with Crippen molar-refractivity contribution in [2.24, 2.45) is 5.92 Å². The van der Waals surface area contributed by atoms with E-state index in [0.29, 0.717) is 30.7 Å². The van der Waals surface area contributed by atoms with E-state index in [1.165, 1.54) is 12.1 Å². The zero-order valence-electron chi connectivity index (χ0n) is 14.0. The van der Waals surface area contributed by atoms with Crippen LogP contribution in [0.2, 0.25) is 0 Å². The van der Waals surface area contributed by atoms with E-state index in [9.17, 15) is 9.18 Å². The number of rotatable bonds is 5. The maximum atomic E-state index is 13.0. The van der Waals surface area contributed by atoms with Crippen LogP contribution in [0, 0.1) is 11.7 Å². The van der Waals surface area contributed by atoms with Gasteiger partial charge in [0.05, 0.1) is 12.5 Å². The number of nitrogens with zero attached hydrogens (tertiary/aromatic N) is 2. The Kier molecular flexibility index (Phi) is 4.38. The zero-order valence-corrected chi connectivity index (χ0v) is 14.0. The second-order valence-corrected chi connectivity index (χ2v) is 6.86. The van der Waals surface area contributed by atoms with Crippen molar-refractivity contribution in [1.29, 1.82) is 0 Å². The van der Waals surface area contributed by atoms with E-state index in [-0.39, 0.29) is 17.8 Å². The van der Waals surface area contributed by atoms with E-state index >= 15 is 0 Å². The number of likely N-dealkylation sites (tertiary alicyclic amines) is 1. The largest absolute Gasteiger partial charge is 0.491 e. The van der Waals surface area contributed by atoms with E-state index in [1.807, 2.05) is 23.1 Å². The number of ether oxygens (including phenoxy) is 1. The molecular weight excluding hydrogens is 319 g/mol. The predicted octanol–water partition coefficient (Wildman–Crippen LogP) is 3.22. The van der Waals surface area contributed by atoms with Crippen LogP contribution in [0.3, 0.4) is 0 Å². The summed E-state index contributed by atoms with van der Waals surface area (Å²) >= 11 is 0. The number of pyridine rings is 1. The van der Waals surface area contributed by atoms with Crippen LogP contribution in [0.15, 0.2) is 48.7 Å². The molecule has 1 aromatic heterocycles. The zero-order chi connectivity index (χ0) is 17.2. The van der Waals surface area contributed by atoms with Gasteiger partial charge in [0.2, 0.25) is 5.91 Å². The summed E-state index contributed by atoms with van der Waals surface area (Å²) in [5, 5.41) is 0. The summed E-state index contributed by atoms with van der Waals surface area (Å²) in [6, 6.07) is 12.1. The maximum Gasteiger partial charge on any atom is 0.229 e. The van der Waals surface area contributed by atoms with Crippen molar-refractivity contribution >= 4 is 5.91 Å². The Bertz CT molecular complexity index is 735. The minimum absolute atomic E-state index is 0.0972. The van der Waals surface area contributed by atoms with E-state index in [1.54, 1.807) is 18.3 Å². The lowest BCUT2D eigenvalue weighted by Gasteiger charge is -2.35. The molecule has 3 atom stereocenters. The van der Waals surface area contributed by atoms with Gasteiger partial charge in [0.25, 0.3) is 0 Å². The van der Waals surface area contributed by atoms with Crippen molar-refractivity contribution in [3.8, 4) is 5.75 Å². The van der Waals surface area contributed by atoms with Gasteiger partial charge in [-0.25, -0.2) is 4.39 Å². The summed E-state index contributed by atoms with van der Waals surface area (Å²) in [4.78, 5) is 19.1. The van der Waals surface area contributed by atoms with Crippen molar-refractivity contribution in [2.75, 3.05) is 6.61 Å². The molecule has 0 N–H and O–H groups in total. The minimum Gasteiger partial charge on any atom is -0.491 e. The van der Waals surface area contributed by atoms with Gasteiger partial charge in [0.1, 0.15) is 18.2 Å². The van der Waals surface area contributed by atoms with Crippen LogP contribution < -0.4 is 4.74 Å². The van der Waals surface area contributed by atoms with Gasteiger partial charge in [-0.05, 0) is 61.6 Å². The standard InChI is InChI=1S/C20H21FN2O2/c21-15-5-8-18(9-6-15)25-13-19-14-4-7-17(11-14)23(19)20(24)12-16-3-1-2-10-22-16/h1-3,5-6,8-10,14,17,19H,4,7,11-13H2/t14-,17-,19-/m1/s1. The SMILES string of the molecule is O=C(Cc1ccccn1)N1[C@@H]2CC[C@H](C2)[C@H]1COc1ccc(F)cc1. The number of carbonyl (C=O) groups is 1. The molecule has 1 saturated carbocycles. The minimum atomic E-state index is -0.278. The average molecular weight is 340 g/mol. The van der Waals surface area contributed by atoms with Gasteiger partial charge in [0, 0.05) is 17.9 Å². The number of piperidine rings is 1. The third-order valence-electron chi connectivity index (χ3n) is 5.32. The van der Waals surface area contributed by atoms with Gasteiger partial charge >= 0.3 is 0 Å². The summed E-state index contributed by atoms with van der Waals surface area (Å²) in [6.45, 7) is 0.459. The number of carbonyl (C=O) groups excluding carboxylic acids is 1. The average Bonchev–Trinajstić information content (AvgIpc) is 3.23. The highest BCUT2D eigenvalue weighted by Gasteiger charge is 2.48. The molecule has 1 aliphatic heterocycles. The third-order valence-corrected chi connectivity index (χ3v) is 5.32. The van der Waals surface area contributed by atoms with E-state index in [2.05, 4.69) is 4.98 Å². The molecule has 2 heterocycles. The fraction of sp³-hybridized carbons (Fsp3) is 0.400. The first-order chi connectivity index (χ1) is 12.2. The van der Waals surface area contributed by atoms with E-state index < -0.39 is 0 Å². The molecule has 0 radical (unpaired) electrons. The molecule has 1 aliphatic carbocycles. The fourth-order valence-electron chi connectivity index (χ4n) is 4.16. The normalized spacial score (nSPS) is 24.5. The highest BCUT2D eigenvalue weighted by atomic mass is 19.1. The first-order valence-corrected chi connectivity index (χ1v) is 8.80. The second-order valence-electron chi connectivity index (χ2n) is 6.86. The summed E-state index contributed by atoms with van der Waals surface area (Å²) in [6.07, 6.45) is 5.33. The number of benzene rings is 1. The topological polar surface area (TPSA) is 42.4 Å². The first kappa shape index (κ1) is 16.1. The van der Waals surface area contributed by atoms with Gasteiger partial charge in [0.15, 0.2) is 0 Å². The third kappa shape index (κ3) is 3.36. The Morgan fingerprint density at radius 2 is 2.04 bits per heavy atom. The second kappa shape index (κ2) is 6.82. The highest BCUT2D eigenvalue weighted by Crippen LogP contribution is 2.42. The molecule has 1 aromatic carbocycles. The summed E-state index contributed by atoms with van der Waals surface area (Å²) in [7, 11) is 0. The first-order valence-electron chi connectivity index (χ1n) is 8.80. The highest BCUT2D eigenvalue weighted by molar-refractivity contribution is 5.79. The Morgan fingerprint density at radius 1 is 1.20 bits per heavy atom. The van der Waals surface area contributed by atoms with Crippen LogP contribution in [-0.2, 0) is 11.2 Å². The molecule has 5 heteroatoms. The number of amides is 1. The summed E-state index contributed by atoms with van der Waals surface area (Å²) in [5.74, 6) is 0.984. The van der Waals surface area contributed by atoms with Crippen molar-refractivity contribution in [3.63, 3.8) is 0 Å².